The molecule has 2 N–H and O–H groups in total. The average Bonchev–Trinajstić information content (AvgIpc) is 2.46. The van der Waals surface area contributed by atoms with E-state index in [4.69, 9.17) is 0 Å². The van der Waals surface area contributed by atoms with Crippen LogP contribution in [0.1, 0.15) is 34.1 Å². The molecule has 1 atom stereocenters. The van der Waals surface area contributed by atoms with Crippen LogP contribution in [-0.4, -0.2) is 16.9 Å². The van der Waals surface area contributed by atoms with Gasteiger partial charge in [-0.3, -0.25) is 9.59 Å². The van der Waals surface area contributed by atoms with Gasteiger partial charge in [-0.15, -0.1) is 0 Å². The molecule has 0 saturated heterocycles. The van der Waals surface area contributed by atoms with Gasteiger partial charge in [-0.25, -0.2) is 0 Å². The Hall–Kier alpha value is -2.57. The molecule has 0 aliphatic heterocycles. The van der Waals surface area contributed by atoms with Crippen molar-refractivity contribution in [2.24, 2.45) is 0 Å². The van der Waals surface area contributed by atoms with Gasteiger partial charge in [0, 0.05) is 24.0 Å². The second kappa shape index (κ2) is 6.90. The Morgan fingerprint density at radius 2 is 1.96 bits per heavy atom. The second-order valence-electron chi connectivity index (χ2n) is 5.63. The Bertz CT molecular complexity index is 797. The van der Waals surface area contributed by atoms with Gasteiger partial charge >= 0.3 is 6.18 Å². The smallest absolute Gasteiger partial charge is 0.364 e. The number of rotatable bonds is 4. The molecule has 1 aromatic carbocycles. The molecule has 0 saturated carbocycles. The molecular weight excluding hydrogens is 321 g/mol. The molecule has 0 radical (unpaired) electrons. The summed E-state index contributed by atoms with van der Waals surface area (Å²) in [5.41, 5.74) is -0.526. The minimum absolute atomic E-state index is 0.00515. The lowest BCUT2D eigenvalue weighted by Gasteiger charge is -2.17. The van der Waals surface area contributed by atoms with E-state index >= 15 is 0 Å². The lowest BCUT2D eigenvalue weighted by molar-refractivity contribution is -0.138. The topological polar surface area (TPSA) is 62.0 Å². The van der Waals surface area contributed by atoms with Gasteiger partial charge in [0.15, 0.2) is 5.43 Å². The van der Waals surface area contributed by atoms with Crippen molar-refractivity contribution >= 4 is 5.91 Å². The first-order chi connectivity index (χ1) is 11.2. The summed E-state index contributed by atoms with van der Waals surface area (Å²) in [5.74, 6) is -0.617. The van der Waals surface area contributed by atoms with Crippen LogP contribution in [-0.2, 0) is 12.6 Å². The van der Waals surface area contributed by atoms with Crippen LogP contribution >= 0.6 is 0 Å². The lowest BCUT2D eigenvalue weighted by Crippen LogP contribution is -2.37. The first-order valence-electron chi connectivity index (χ1n) is 7.34. The number of pyridine rings is 1. The Morgan fingerprint density at radius 1 is 1.29 bits per heavy atom. The number of amides is 1. The number of carbonyl (C=O) groups is 1. The first kappa shape index (κ1) is 17.8. The number of carbonyl (C=O) groups excluding carboxylic acids is 1. The summed E-state index contributed by atoms with van der Waals surface area (Å²) < 4.78 is 39.0. The Balaban J connectivity index is 2.13. The minimum Gasteiger partial charge on any atom is -0.364 e. The van der Waals surface area contributed by atoms with Crippen molar-refractivity contribution in [3.8, 4) is 0 Å². The summed E-state index contributed by atoms with van der Waals surface area (Å²) in [7, 11) is 0. The quantitative estimate of drug-likeness (QED) is 0.900. The molecule has 4 nitrogen and oxygen atoms in total. The van der Waals surface area contributed by atoms with Crippen LogP contribution in [0.2, 0.25) is 0 Å². The van der Waals surface area contributed by atoms with Gasteiger partial charge in [0.05, 0.1) is 5.56 Å². The number of alkyl halides is 3. The number of hydrogen-bond donors (Lipinski definition) is 2. The van der Waals surface area contributed by atoms with Crippen molar-refractivity contribution < 1.29 is 18.0 Å². The molecule has 0 fully saturated rings. The van der Waals surface area contributed by atoms with Crippen LogP contribution < -0.4 is 10.7 Å². The van der Waals surface area contributed by atoms with Crippen LogP contribution in [0.25, 0.3) is 0 Å². The molecule has 1 aromatic heterocycles. The van der Waals surface area contributed by atoms with Gasteiger partial charge in [0.25, 0.3) is 5.91 Å². The van der Waals surface area contributed by atoms with E-state index in [9.17, 15) is 22.8 Å². The maximum atomic E-state index is 13.0. The predicted molar refractivity (Wildman–Crippen MR) is 83.9 cm³/mol. The van der Waals surface area contributed by atoms with Crippen LogP contribution in [0.3, 0.4) is 0 Å². The van der Waals surface area contributed by atoms with Gasteiger partial charge in [0.2, 0.25) is 0 Å². The monoisotopic (exact) mass is 338 g/mol. The first-order valence-corrected chi connectivity index (χ1v) is 7.34. The highest BCUT2D eigenvalue weighted by Crippen LogP contribution is 2.32. The summed E-state index contributed by atoms with van der Waals surface area (Å²) >= 11 is 0. The van der Waals surface area contributed by atoms with Crippen molar-refractivity contribution in [3.63, 3.8) is 0 Å². The Morgan fingerprint density at radius 3 is 2.58 bits per heavy atom. The van der Waals surface area contributed by atoms with E-state index in [1.807, 2.05) is 0 Å². The number of H-pyrrole nitrogens is 1. The van der Waals surface area contributed by atoms with E-state index in [1.165, 1.54) is 30.5 Å². The highest BCUT2D eigenvalue weighted by Gasteiger charge is 2.33. The third-order valence-corrected chi connectivity index (χ3v) is 3.53. The van der Waals surface area contributed by atoms with E-state index in [0.717, 1.165) is 6.07 Å². The summed E-state index contributed by atoms with van der Waals surface area (Å²) in [4.78, 5) is 26.6. The zero-order valence-electron chi connectivity index (χ0n) is 13.2. The molecule has 1 heterocycles. The molecule has 128 valence electrons. The summed E-state index contributed by atoms with van der Waals surface area (Å²) in [6.45, 7) is 3.27. The number of benzene rings is 1. The average molecular weight is 338 g/mol. The maximum absolute atomic E-state index is 13.0. The standard InChI is InChI=1S/C17H17F3N2O2/c1-10-8-15(23)13(9-21-10)16(24)22-11(2)7-12-5-3-4-6-14(12)17(18,19)20/h3-6,8-9,11H,7H2,1-2H3,(H,21,23)(H,22,24)/t11-/m1/s1. The fraction of sp³-hybridized carbons (Fsp3) is 0.294. The highest BCUT2D eigenvalue weighted by atomic mass is 19.4. The number of aromatic nitrogens is 1. The molecule has 7 heteroatoms. The number of nitrogens with one attached hydrogen (secondary N) is 2. The van der Waals surface area contributed by atoms with E-state index in [1.54, 1.807) is 13.8 Å². The fourth-order valence-electron chi connectivity index (χ4n) is 2.41. The summed E-state index contributed by atoms with van der Waals surface area (Å²) in [5, 5.41) is 2.56. The SMILES string of the molecule is Cc1cc(=O)c(C(=O)N[C@H](C)Cc2ccccc2C(F)(F)F)c[nH]1. The largest absolute Gasteiger partial charge is 0.416 e. The number of aromatic amines is 1. The molecule has 0 unspecified atom stereocenters. The molecule has 2 rings (SSSR count). The van der Waals surface area contributed by atoms with Crippen molar-refractivity contribution in [1.82, 2.24) is 10.3 Å². The minimum atomic E-state index is -4.45. The predicted octanol–water partition coefficient (Wildman–Crippen LogP) is 3.06. The van der Waals surface area contributed by atoms with Crippen molar-refractivity contribution in [1.29, 1.82) is 0 Å². The lowest BCUT2D eigenvalue weighted by atomic mass is 10.0. The molecule has 0 bridgehead atoms. The van der Waals surface area contributed by atoms with Gasteiger partial charge in [0.1, 0.15) is 5.56 Å². The van der Waals surface area contributed by atoms with Crippen molar-refractivity contribution in [2.75, 3.05) is 0 Å². The van der Waals surface area contributed by atoms with Crippen molar-refractivity contribution in [2.45, 2.75) is 32.5 Å². The number of hydrogen-bond acceptors (Lipinski definition) is 2. The second-order valence-corrected chi connectivity index (χ2v) is 5.63. The van der Waals surface area contributed by atoms with Crippen LogP contribution in [0, 0.1) is 6.92 Å². The number of halogens is 3. The third-order valence-electron chi connectivity index (χ3n) is 3.53. The van der Waals surface area contributed by atoms with Gasteiger partial charge < -0.3 is 10.3 Å². The normalized spacial score (nSPS) is 12.7. The van der Waals surface area contributed by atoms with Gasteiger partial charge in [-0.1, -0.05) is 18.2 Å². The molecule has 2 aromatic rings. The van der Waals surface area contributed by atoms with Crippen LogP contribution in [0.5, 0.6) is 0 Å². The van der Waals surface area contributed by atoms with E-state index in [-0.39, 0.29) is 17.5 Å². The molecule has 0 spiro atoms. The summed E-state index contributed by atoms with van der Waals surface area (Å²) in [6, 6.07) is 5.95. The summed E-state index contributed by atoms with van der Waals surface area (Å²) in [6.07, 6.45) is -3.15. The van der Waals surface area contributed by atoms with E-state index in [0.29, 0.717) is 5.69 Å². The molecule has 0 aliphatic rings. The van der Waals surface area contributed by atoms with E-state index < -0.39 is 29.1 Å². The molecule has 24 heavy (non-hydrogen) atoms. The van der Waals surface area contributed by atoms with E-state index in [2.05, 4.69) is 10.3 Å². The van der Waals surface area contributed by atoms with Gasteiger partial charge in [-0.05, 0) is 31.9 Å². The molecule has 0 aliphatic carbocycles. The zero-order valence-corrected chi connectivity index (χ0v) is 13.2. The van der Waals surface area contributed by atoms with Crippen LogP contribution in [0.4, 0.5) is 13.2 Å². The van der Waals surface area contributed by atoms with Crippen LogP contribution in [0.15, 0.2) is 41.3 Å². The Labute approximate surface area is 136 Å². The maximum Gasteiger partial charge on any atom is 0.416 e. The molecular formula is C17H17F3N2O2. The molecule has 1 amide bonds. The van der Waals surface area contributed by atoms with Crippen molar-refractivity contribution in [3.05, 3.63) is 69.1 Å². The fourth-order valence-corrected chi connectivity index (χ4v) is 2.41. The number of aryl methyl sites for hydroxylation is 1. The highest BCUT2D eigenvalue weighted by molar-refractivity contribution is 5.93. The van der Waals surface area contributed by atoms with Gasteiger partial charge in [-0.2, -0.15) is 13.2 Å². The third kappa shape index (κ3) is 4.24. The zero-order chi connectivity index (χ0) is 17.9. The Kier molecular flexibility index (Phi) is 5.11.